The summed E-state index contributed by atoms with van der Waals surface area (Å²) in [5.74, 6) is -0.335. The van der Waals surface area contributed by atoms with Crippen molar-refractivity contribution in [3.05, 3.63) is 46.1 Å². The van der Waals surface area contributed by atoms with Crippen molar-refractivity contribution < 1.29 is 18.0 Å². The second-order valence-electron chi connectivity index (χ2n) is 6.15. The van der Waals surface area contributed by atoms with Gasteiger partial charge in [-0.2, -0.15) is 18.3 Å². The standard InChI is InChI=1S/C17H18BrF3N4O/c1-2-7-22-16(26)12-9-23-25-14(17(19,20)21)8-13(24-15(12)25)10-3-5-11(18)6-4-10/h3-6,9,13-14,24H,2,7-8H2,1H3,(H,22,26). The number of benzene rings is 1. The van der Waals surface area contributed by atoms with E-state index in [1.807, 2.05) is 6.92 Å². The first-order valence-electron chi connectivity index (χ1n) is 8.25. The zero-order valence-electron chi connectivity index (χ0n) is 14.0. The Hall–Kier alpha value is -2.03. The zero-order chi connectivity index (χ0) is 18.9. The molecule has 0 saturated carbocycles. The second-order valence-corrected chi connectivity index (χ2v) is 7.06. The van der Waals surface area contributed by atoms with Gasteiger partial charge in [-0.05, 0) is 24.1 Å². The van der Waals surface area contributed by atoms with E-state index in [0.717, 1.165) is 21.1 Å². The molecule has 26 heavy (non-hydrogen) atoms. The number of anilines is 1. The van der Waals surface area contributed by atoms with E-state index in [4.69, 9.17) is 0 Å². The number of hydrogen-bond acceptors (Lipinski definition) is 3. The van der Waals surface area contributed by atoms with Gasteiger partial charge < -0.3 is 10.6 Å². The predicted octanol–water partition coefficient (Wildman–Crippen LogP) is 4.45. The average molecular weight is 431 g/mol. The molecule has 1 amide bonds. The van der Waals surface area contributed by atoms with Gasteiger partial charge in [0.15, 0.2) is 6.04 Å². The molecule has 0 spiro atoms. The van der Waals surface area contributed by atoms with Crippen LogP contribution >= 0.6 is 15.9 Å². The van der Waals surface area contributed by atoms with Gasteiger partial charge in [0.1, 0.15) is 11.4 Å². The number of amides is 1. The largest absolute Gasteiger partial charge is 0.410 e. The first-order chi connectivity index (χ1) is 12.3. The van der Waals surface area contributed by atoms with Gasteiger partial charge in [0, 0.05) is 17.4 Å². The molecule has 9 heteroatoms. The van der Waals surface area contributed by atoms with Gasteiger partial charge in [0.05, 0.1) is 12.2 Å². The van der Waals surface area contributed by atoms with Crippen LogP contribution in [0, 0.1) is 0 Å². The average Bonchev–Trinajstić information content (AvgIpc) is 3.02. The van der Waals surface area contributed by atoms with Crippen LogP contribution in [0.4, 0.5) is 19.0 Å². The summed E-state index contributed by atoms with van der Waals surface area (Å²) in [6.45, 7) is 2.34. The van der Waals surface area contributed by atoms with Crippen LogP contribution in [0.5, 0.6) is 0 Å². The molecule has 1 aliphatic rings. The minimum atomic E-state index is -4.46. The van der Waals surface area contributed by atoms with Gasteiger partial charge >= 0.3 is 6.18 Å². The summed E-state index contributed by atoms with van der Waals surface area (Å²) in [7, 11) is 0. The molecule has 1 aromatic carbocycles. The molecule has 1 aliphatic heterocycles. The third-order valence-electron chi connectivity index (χ3n) is 4.29. The molecule has 140 valence electrons. The van der Waals surface area contributed by atoms with Crippen molar-refractivity contribution in [3.8, 4) is 0 Å². The molecular formula is C17H18BrF3N4O. The molecule has 2 unspecified atom stereocenters. The van der Waals surface area contributed by atoms with Crippen LogP contribution < -0.4 is 10.6 Å². The summed E-state index contributed by atoms with van der Waals surface area (Å²) in [6, 6.07) is 4.72. The predicted molar refractivity (Wildman–Crippen MR) is 95.1 cm³/mol. The van der Waals surface area contributed by atoms with Crippen LogP contribution in [-0.2, 0) is 0 Å². The first-order valence-corrected chi connectivity index (χ1v) is 9.05. The molecule has 0 radical (unpaired) electrons. The van der Waals surface area contributed by atoms with E-state index in [0.29, 0.717) is 6.54 Å². The fraction of sp³-hybridized carbons (Fsp3) is 0.412. The van der Waals surface area contributed by atoms with E-state index in [1.165, 1.54) is 6.20 Å². The molecule has 1 aromatic heterocycles. The van der Waals surface area contributed by atoms with Crippen molar-refractivity contribution in [2.75, 3.05) is 11.9 Å². The normalized spacial score (nSPS) is 19.6. The lowest BCUT2D eigenvalue weighted by Gasteiger charge is -2.34. The van der Waals surface area contributed by atoms with Crippen LogP contribution in [0.25, 0.3) is 0 Å². The molecule has 2 atom stereocenters. The minimum Gasteiger partial charge on any atom is -0.363 e. The molecular weight excluding hydrogens is 413 g/mol. The highest BCUT2D eigenvalue weighted by Crippen LogP contribution is 2.44. The molecule has 0 aliphatic carbocycles. The van der Waals surface area contributed by atoms with Gasteiger partial charge in [-0.15, -0.1) is 0 Å². The summed E-state index contributed by atoms with van der Waals surface area (Å²) in [6.07, 6.45) is -2.74. The highest BCUT2D eigenvalue weighted by Gasteiger charge is 2.47. The third kappa shape index (κ3) is 3.72. The van der Waals surface area contributed by atoms with Crippen molar-refractivity contribution in [2.45, 2.75) is 38.0 Å². The van der Waals surface area contributed by atoms with Crippen LogP contribution in [0.3, 0.4) is 0 Å². The summed E-state index contributed by atoms with van der Waals surface area (Å²) < 4.78 is 42.5. The number of aromatic nitrogens is 2. The van der Waals surface area contributed by atoms with Crippen LogP contribution in [0.2, 0.25) is 0 Å². The van der Waals surface area contributed by atoms with E-state index < -0.39 is 24.2 Å². The number of carbonyl (C=O) groups excluding carboxylic acids is 1. The van der Waals surface area contributed by atoms with E-state index in [1.54, 1.807) is 24.3 Å². The number of halogens is 4. The maximum absolute atomic E-state index is 13.6. The third-order valence-corrected chi connectivity index (χ3v) is 4.82. The Morgan fingerprint density at radius 3 is 2.69 bits per heavy atom. The molecule has 0 saturated heterocycles. The Morgan fingerprint density at radius 1 is 1.38 bits per heavy atom. The summed E-state index contributed by atoms with van der Waals surface area (Å²) in [5, 5.41) is 9.59. The zero-order valence-corrected chi connectivity index (χ0v) is 15.6. The van der Waals surface area contributed by atoms with Crippen LogP contribution in [0.1, 0.15) is 47.8 Å². The molecule has 0 bridgehead atoms. The monoisotopic (exact) mass is 430 g/mol. The fourth-order valence-corrected chi connectivity index (χ4v) is 3.24. The molecule has 3 rings (SSSR count). The van der Waals surface area contributed by atoms with Crippen molar-refractivity contribution in [3.63, 3.8) is 0 Å². The summed E-state index contributed by atoms with van der Waals surface area (Å²) in [4.78, 5) is 12.3. The molecule has 2 aromatic rings. The topological polar surface area (TPSA) is 59.0 Å². The van der Waals surface area contributed by atoms with Crippen LogP contribution in [-0.4, -0.2) is 28.4 Å². The van der Waals surface area contributed by atoms with Gasteiger partial charge in [0.2, 0.25) is 0 Å². The van der Waals surface area contributed by atoms with E-state index in [-0.39, 0.29) is 17.8 Å². The van der Waals surface area contributed by atoms with Gasteiger partial charge in [0.25, 0.3) is 5.91 Å². The summed E-state index contributed by atoms with van der Waals surface area (Å²) in [5.41, 5.74) is 0.837. The quantitative estimate of drug-likeness (QED) is 0.753. The highest BCUT2D eigenvalue weighted by molar-refractivity contribution is 9.10. The van der Waals surface area contributed by atoms with Gasteiger partial charge in [-0.3, -0.25) is 4.79 Å². The van der Waals surface area contributed by atoms with Crippen molar-refractivity contribution >= 4 is 27.7 Å². The van der Waals surface area contributed by atoms with Gasteiger partial charge in [-0.1, -0.05) is 35.0 Å². The van der Waals surface area contributed by atoms with Crippen molar-refractivity contribution in [1.82, 2.24) is 15.1 Å². The minimum absolute atomic E-state index is 0.0973. The Balaban J connectivity index is 1.98. The van der Waals surface area contributed by atoms with E-state index >= 15 is 0 Å². The number of nitrogens with zero attached hydrogens (tertiary/aromatic N) is 2. The molecule has 2 N–H and O–H groups in total. The highest BCUT2D eigenvalue weighted by atomic mass is 79.9. The Labute approximate surface area is 157 Å². The van der Waals surface area contributed by atoms with E-state index in [2.05, 4.69) is 31.7 Å². The number of nitrogens with one attached hydrogen (secondary N) is 2. The lowest BCUT2D eigenvalue weighted by molar-refractivity contribution is -0.173. The number of hydrogen-bond donors (Lipinski definition) is 2. The number of fused-ring (bicyclic) bond motifs is 1. The lowest BCUT2D eigenvalue weighted by Crippen LogP contribution is -2.36. The van der Waals surface area contributed by atoms with Crippen LogP contribution in [0.15, 0.2) is 34.9 Å². The SMILES string of the molecule is CCCNC(=O)c1cnn2c1NC(c1ccc(Br)cc1)CC2C(F)(F)F. The first kappa shape index (κ1) is 18.8. The Morgan fingerprint density at radius 2 is 2.08 bits per heavy atom. The maximum Gasteiger partial charge on any atom is 0.410 e. The molecule has 5 nitrogen and oxygen atoms in total. The number of carbonyl (C=O) groups is 1. The van der Waals surface area contributed by atoms with Crippen molar-refractivity contribution in [1.29, 1.82) is 0 Å². The summed E-state index contributed by atoms with van der Waals surface area (Å²) >= 11 is 3.32. The number of alkyl halides is 3. The van der Waals surface area contributed by atoms with Crippen molar-refractivity contribution in [2.24, 2.45) is 0 Å². The maximum atomic E-state index is 13.6. The smallest absolute Gasteiger partial charge is 0.363 e. The van der Waals surface area contributed by atoms with E-state index in [9.17, 15) is 18.0 Å². The fourth-order valence-electron chi connectivity index (χ4n) is 2.98. The second kappa shape index (κ2) is 7.30. The Kier molecular flexibility index (Phi) is 5.27. The number of rotatable bonds is 4. The lowest BCUT2D eigenvalue weighted by atomic mass is 9.96. The molecule has 2 heterocycles. The Bertz CT molecular complexity index is 788. The van der Waals surface area contributed by atoms with Gasteiger partial charge in [-0.25, -0.2) is 4.68 Å². The molecule has 0 fully saturated rings.